The van der Waals surface area contributed by atoms with E-state index in [-0.39, 0.29) is 30.9 Å². The van der Waals surface area contributed by atoms with Gasteiger partial charge in [0.15, 0.2) is 0 Å². The summed E-state index contributed by atoms with van der Waals surface area (Å²) in [5.74, 6) is 1.02. The van der Waals surface area contributed by atoms with Crippen LogP contribution in [0.1, 0.15) is 43.9 Å². The van der Waals surface area contributed by atoms with Crippen LogP contribution in [0, 0.1) is 0 Å². The van der Waals surface area contributed by atoms with Crippen molar-refractivity contribution in [3.63, 3.8) is 0 Å². The van der Waals surface area contributed by atoms with Gasteiger partial charge in [-0.25, -0.2) is 19.6 Å². The molecule has 1 aliphatic rings. The Kier molecular flexibility index (Phi) is 10.1. The summed E-state index contributed by atoms with van der Waals surface area (Å²) in [4.78, 5) is 68.5. The minimum absolute atomic E-state index is 0.125. The number of likely N-dealkylation sites (tertiary alicyclic amines) is 1. The Morgan fingerprint density at radius 1 is 0.885 bits per heavy atom. The molecular formula is C36H38N8O6S2. The fraction of sp³-hybridized carbons (Fsp3) is 0.333. The number of imidazole rings is 2. The van der Waals surface area contributed by atoms with Crippen molar-refractivity contribution in [2.75, 3.05) is 40.4 Å². The van der Waals surface area contributed by atoms with Gasteiger partial charge in [-0.2, -0.15) is 0 Å². The van der Waals surface area contributed by atoms with Gasteiger partial charge in [-0.1, -0.05) is 19.1 Å². The van der Waals surface area contributed by atoms with Crippen molar-refractivity contribution >= 4 is 78.1 Å². The molecule has 0 saturated carbocycles. The van der Waals surface area contributed by atoms with Crippen molar-refractivity contribution < 1.29 is 28.7 Å². The molecule has 1 unspecified atom stereocenters. The number of hydrogen-bond donors (Lipinski definition) is 4. The van der Waals surface area contributed by atoms with Crippen LogP contribution in [-0.4, -0.2) is 94.1 Å². The number of carbonyl (C=O) groups is 4. The summed E-state index contributed by atoms with van der Waals surface area (Å²) >= 11 is 3.42. The normalized spacial score (nSPS) is 14.3. The first kappa shape index (κ1) is 34.9. The van der Waals surface area contributed by atoms with Gasteiger partial charge < -0.3 is 39.9 Å². The van der Waals surface area contributed by atoms with Crippen molar-refractivity contribution in [2.45, 2.75) is 38.8 Å². The van der Waals surface area contributed by atoms with E-state index in [1.807, 2.05) is 19.1 Å². The maximum atomic E-state index is 12.9. The molecule has 1 atom stereocenters. The molecule has 6 aromatic rings. The first-order chi connectivity index (χ1) is 25.3. The number of nitrogens with zero attached hydrogens (tertiary/aromatic N) is 4. The first-order valence-corrected chi connectivity index (χ1v) is 18.7. The van der Waals surface area contributed by atoms with Gasteiger partial charge in [0, 0.05) is 35.0 Å². The fourth-order valence-electron chi connectivity index (χ4n) is 6.62. The average molecular weight is 743 g/mol. The van der Waals surface area contributed by atoms with Crippen molar-refractivity contribution in [1.82, 2.24) is 40.4 Å². The van der Waals surface area contributed by atoms with E-state index >= 15 is 0 Å². The molecule has 1 aliphatic heterocycles. The quantitative estimate of drug-likeness (QED) is 0.122. The summed E-state index contributed by atoms with van der Waals surface area (Å²) in [6, 6.07) is 12.2. The minimum atomic E-state index is -0.648. The van der Waals surface area contributed by atoms with E-state index < -0.39 is 12.2 Å². The van der Waals surface area contributed by atoms with Crippen LogP contribution >= 0.6 is 22.7 Å². The van der Waals surface area contributed by atoms with Gasteiger partial charge in [-0.05, 0) is 54.7 Å². The Morgan fingerprint density at radius 3 is 2.13 bits per heavy atom. The SMILES string of the molecule is CCCN(Cc1nc2ccc(-c3csc4c(-c5ccc6nc(C7CCCN7C(=O)CNC(=O)OC)[nH]c6c5)csc34)cc2[nH]1)C(=O)CNC(=O)OC. The third kappa shape index (κ3) is 7.03. The van der Waals surface area contributed by atoms with Crippen LogP contribution in [0.2, 0.25) is 0 Å². The van der Waals surface area contributed by atoms with Crippen LogP contribution in [-0.2, 0) is 25.6 Å². The van der Waals surface area contributed by atoms with Crippen LogP contribution in [0.3, 0.4) is 0 Å². The number of thiophene rings is 2. The number of carbonyl (C=O) groups excluding carboxylic acids is 4. The van der Waals surface area contributed by atoms with Crippen LogP contribution in [0.5, 0.6) is 0 Å². The summed E-state index contributed by atoms with van der Waals surface area (Å²) in [6.45, 7) is 3.15. The molecule has 7 rings (SSSR count). The summed E-state index contributed by atoms with van der Waals surface area (Å²) in [7, 11) is 2.53. The van der Waals surface area contributed by atoms with Crippen molar-refractivity contribution in [2.24, 2.45) is 0 Å². The number of benzene rings is 2. The maximum absolute atomic E-state index is 12.9. The number of H-pyrrole nitrogens is 2. The van der Waals surface area contributed by atoms with Gasteiger partial charge in [-0.15, -0.1) is 22.7 Å². The Bertz CT molecular complexity index is 2290. The molecular weight excluding hydrogens is 705 g/mol. The second-order valence-electron chi connectivity index (χ2n) is 12.5. The van der Waals surface area contributed by atoms with E-state index in [2.05, 4.69) is 65.1 Å². The number of fused-ring (bicyclic) bond motifs is 3. The molecule has 0 bridgehead atoms. The predicted octanol–water partition coefficient (Wildman–Crippen LogP) is 6.16. The van der Waals surface area contributed by atoms with Crippen molar-refractivity contribution in [3.8, 4) is 22.3 Å². The van der Waals surface area contributed by atoms with Gasteiger partial charge in [0.25, 0.3) is 0 Å². The molecule has 52 heavy (non-hydrogen) atoms. The van der Waals surface area contributed by atoms with Crippen LogP contribution < -0.4 is 10.6 Å². The maximum Gasteiger partial charge on any atom is 0.407 e. The van der Waals surface area contributed by atoms with Crippen LogP contribution in [0.25, 0.3) is 53.7 Å². The lowest BCUT2D eigenvalue weighted by molar-refractivity contribution is -0.131. The Morgan fingerprint density at radius 2 is 1.50 bits per heavy atom. The highest BCUT2D eigenvalue weighted by Gasteiger charge is 2.32. The van der Waals surface area contributed by atoms with Crippen LogP contribution in [0.15, 0.2) is 47.2 Å². The van der Waals surface area contributed by atoms with Gasteiger partial charge in [0.05, 0.1) is 58.3 Å². The molecule has 0 radical (unpaired) electrons. The standard InChI is InChI=1S/C36H38N8O6S2/c1-4-11-43(30(45)15-37-35(47)49-2)17-29-39-24-9-7-20(13-26(24)40-29)22-18-51-33-23(19-52-32(22)33)21-8-10-25-27(14-21)42-34(41-25)28-6-5-12-44(28)31(46)16-38-36(48)50-3/h7-10,13-14,18-19,28H,4-6,11-12,15-17H2,1-3H3,(H,37,47)(H,38,48)(H,39,40)(H,41,42). The van der Waals surface area contributed by atoms with Crippen molar-refractivity contribution in [1.29, 1.82) is 0 Å². The number of rotatable bonds is 11. The summed E-state index contributed by atoms with van der Waals surface area (Å²) < 4.78 is 11.6. The number of methoxy groups -OCH3 is 2. The van der Waals surface area contributed by atoms with Gasteiger partial charge in [0.1, 0.15) is 24.7 Å². The third-order valence-corrected chi connectivity index (χ3v) is 11.3. The molecule has 4 aromatic heterocycles. The molecule has 2 aromatic carbocycles. The highest BCUT2D eigenvalue weighted by Crippen LogP contribution is 2.45. The Hall–Kier alpha value is -5.48. The summed E-state index contributed by atoms with van der Waals surface area (Å²) in [5.41, 5.74) is 7.85. The van der Waals surface area contributed by atoms with E-state index in [1.165, 1.54) is 23.6 Å². The van der Waals surface area contributed by atoms with Crippen LogP contribution in [0.4, 0.5) is 9.59 Å². The zero-order valence-electron chi connectivity index (χ0n) is 28.9. The van der Waals surface area contributed by atoms with E-state index in [0.717, 1.165) is 69.4 Å². The molecule has 1 fully saturated rings. The molecule has 0 spiro atoms. The molecule has 270 valence electrons. The minimum Gasteiger partial charge on any atom is -0.453 e. The largest absolute Gasteiger partial charge is 0.453 e. The van der Waals surface area contributed by atoms with Gasteiger partial charge >= 0.3 is 12.2 Å². The number of aromatic nitrogens is 4. The van der Waals surface area contributed by atoms with E-state index in [1.54, 1.807) is 32.5 Å². The number of ether oxygens (including phenoxy) is 2. The Balaban J connectivity index is 1.09. The molecule has 4 amide bonds. The second kappa shape index (κ2) is 15.0. The molecule has 5 heterocycles. The number of nitrogens with one attached hydrogen (secondary N) is 4. The smallest absolute Gasteiger partial charge is 0.407 e. The topological polar surface area (TPSA) is 175 Å². The molecule has 0 aliphatic carbocycles. The lowest BCUT2D eigenvalue weighted by atomic mass is 10.1. The van der Waals surface area contributed by atoms with Gasteiger partial charge in [-0.3, -0.25) is 9.59 Å². The van der Waals surface area contributed by atoms with E-state index in [4.69, 9.17) is 9.97 Å². The molecule has 16 heteroatoms. The predicted molar refractivity (Wildman–Crippen MR) is 200 cm³/mol. The number of amides is 4. The second-order valence-corrected chi connectivity index (χ2v) is 14.2. The van der Waals surface area contributed by atoms with E-state index in [0.29, 0.717) is 25.5 Å². The zero-order valence-corrected chi connectivity index (χ0v) is 30.5. The summed E-state index contributed by atoms with van der Waals surface area (Å²) in [5, 5.41) is 9.31. The number of aromatic amines is 2. The molecule has 4 N–H and O–H groups in total. The van der Waals surface area contributed by atoms with E-state index in [9.17, 15) is 19.2 Å². The fourth-order valence-corrected chi connectivity index (χ4v) is 9.08. The third-order valence-electron chi connectivity index (χ3n) is 9.15. The number of alkyl carbamates (subject to hydrolysis) is 2. The highest BCUT2D eigenvalue weighted by atomic mass is 32.1. The average Bonchev–Trinajstić information content (AvgIpc) is 3.99. The number of hydrogen-bond acceptors (Lipinski definition) is 10. The summed E-state index contributed by atoms with van der Waals surface area (Å²) in [6.07, 6.45) is 1.13. The lowest BCUT2D eigenvalue weighted by Gasteiger charge is -2.23. The molecule has 1 saturated heterocycles. The lowest BCUT2D eigenvalue weighted by Crippen LogP contribution is -2.40. The highest BCUT2D eigenvalue weighted by molar-refractivity contribution is 7.27. The molecule has 14 nitrogen and oxygen atoms in total. The van der Waals surface area contributed by atoms with Crippen molar-refractivity contribution in [3.05, 3.63) is 58.8 Å². The Labute approximate surface area is 306 Å². The first-order valence-electron chi connectivity index (χ1n) is 16.9. The zero-order chi connectivity index (χ0) is 36.4. The van der Waals surface area contributed by atoms with Gasteiger partial charge in [0.2, 0.25) is 11.8 Å². The monoisotopic (exact) mass is 742 g/mol.